The molecule has 35 heavy (non-hydrogen) atoms. The van der Waals surface area contributed by atoms with Gasteiger partial charge in [-0.3, -0.25) is 9.59 Å². The fourth-order valence-electron chi connectivity index (χ4n) is 5.72. The maximum absolute atomic E-state index is 13.2. The van der Waals surface area contributed by atoms with Crippen LogP contribution in [0.5, 0.6) is 0 Å². The largest absolute Gasteiger partial charge is 0.481 e. The van der Waals surface area contributed by atoms with Crippen molar-refractivity contribution in [2.75, 3.05) is 40.3 Å². The van der Waals surface area contributed by atoms with Crippen LogP contribution >= 0.6 is 0 Å². The number of rotatable bonds is 8. The average Bonchev–Trinajstić information content (AvgIpc) is 3.19. The van der Waals surface area contributed by atoms with Crippen molar-refractivity contribution in [3.8, 4) is 11.1 Å². The van der Waals surface area contributed by atoms with Gasteiger partial charge in [0.25, 0.3) is 0 Å². The van der Waals surface area contributed by atoms with Crippen LogP contribution in [0.3, 0.4) is 0 Å². The van der Waals surface area contributed by atoms with Crippen molar-refractivity contribution in [2.45, 2.75) is 18.4 Å². The number of alkyl carbamates (subject to hydrolysis) is 1. The Bertz CT molecular complexity index is 1090. The van der Waals surface area contributed by atoms with E-state index >= 15 is 0 Å². The molecule has 4 atom stereocenters. The molecule has 5 rings (SSSR count). The van der Waals surface area contributed by atoms with Gasteiger partial charge < -0.3 is 25.0 Å². The van der Waals surface area contributed by atoms with E-state index in [1.165, 1.54) is 0 Å². The number of piperidine rings is 1. The number of fused-ring (bicyclic) bond motifs is 4. The van der Waals surface area contributed by atoms with Crippen LogP contribution < -0.4 is 5.32 Å². The number of carboxylic acids is 1. The molecular formula is C27H31N3O5. The number of hydrogen-bond acceptors (Lipinski definition) is 5. The van der Waals surface area contributed by atoms with Crippen LogP contribution in [0.2, 0.25) is 0 Å². The third kappa shape index (κ3) is 4.50. The van der Waals surface area contributed by atoms with Gasteiger partial charge in [-0.2, -0.15) is 0 Å². The quantitative estimate of drug-likeness (QED) is 0.607. The van der Waals surface area contributed by atoms with Gasteiger partial charge in [0.2, 0.25) is 5.91 Å². The monoisotopic (exact) mass is 477 g/mol. The highest BCUT2D eigenvalue weighted by atomic mass is 16.5. The molecule has 2 aliphatic carbocycles. The zero-order valence-corrected chi connectivity index (χ0v) is 20.0. The van der Waals surface area contributed by atoms with E-state index in [1.54, 1.807) is 4.90 Å². The average molecular weight is 478 g/mol. The molecule has 8 nitrogen and oxygen atoms in total. The van der Waals surface area contributed by atoms with E-state index in [1.807, 2.05) is 43.3 Å². The second-order valence-corrected chi connectivity index (χ2v) is 10.0. The van der Waals surface area contributed by atoms with Crippen LogP contribution in [0, 0.1) is 17.8 Å². The van der Waals surface area contributed by atoms with Crippen LogP contribution in [0.4, 0.5) is 4.79 Å². The predicted octanol–water partition coefficient (Wildman–Crippen LogP) is 2.63. The van der Waals surface area contributed by atoms with Crippen LogP contribution in [-0.2, 0) is 14.3 Å². The van der Waals surface area contributed by atoms with Crippen molar-refractivity contribution in [1.82, 2.24) is 15.1 Å². The molecule has 1 heterocycles. The molecule has 2 amide bonds. The Kier molecular flexibility index (Phi) is 6.23. The van der Waals surface area contributed by atoms with E-state index in [-0.39, 0.29) is 36.2 Å². The first-order chi connectivity index (χ1) is 16.8. The van der Waals surface area contributed by atoms with Gasteiger partial charge in [0, 0.05) is 19.0 Å². The summed E-state index contributed by atoms with van der Waals surface area (Å²) >= 11 is 0. The Morgan fingerprint density at radius 1 is 1.03 bits per heavy atom. The smallest absolute Gasteiger partial charge is 0.407 e. The highest BCUT2D eigenvalue weighted by Crippen LogP contribution is 2.51. The van der Waals surface area contributed by atoms with Crippen molar-refractivity contribution < 1.29 is 24.2 Å². The third-order valence-electron chi connectivity index (χ3n) is 7.59. The van der Waals surface area contributed by atoms with Gasteiger partial charge in [-0.25, -0.2) is 4.79 Å². The van der Waals surface area contributed by atoms with E-state index in [4.69, 9.17) is 4.74 Å². The van der Waals surface area contributed by atoms with Crippen molar-refractivity contribution in [2.24, 2.45) is 17.8 Å². The van der Waals surface area contributed by atoms with Gasteiger partial charge in [0.1, 0.15) is 12.6 Å². The highest BCUT2D eigenvalue weighted by molar-refractivity contribution is 5.87. The maximum atomic E-state index is 13.2. The van der Waals surface area contributed by atoms with Crippen molar-refractivity contribution in [1.29, 1.82) is 0 Å². The van der Waals surface area contributed by atoms with Crippen LogP contribution in [0.25, 0.3) is 11.1 Å². The van der Waals surface area contributed by atoms with E-state index < -0.39 is 18.1 Å². The first-order valence-electron chi connectivity index (χ1n) is 12.1. The molecule has 2 fully saturated rings. The van der Waals surface area contributed by atoms with E-state index in [0.717, 1.165) is 22.3 Å². The van der Waals surface area contributed by atoms with Gasteiger partial charge in [-0.15, -0.1) is 0 Å². The summed E-state index contributed by atoms with van der Waals surface area (Å²) in [5, 5.41) is 12.0. The molecule has 1 saturated heterocycles. The minimum atomic E-state index is -0.784. The lowest BCUT2D eigenvalue weighted by atomic mass is 9.98. The highest BCUT2D eigenvalue weighted by Gasteiger charge is 2.60. The summed E-state index contributed by atoms with van der Waals surface area (Å²) in [4.78, 5) is 40.9. The Morgan fingerprint density at radius 2 is 1.60 bits per heavy atom. The van der Waals surface area contributed by atoms with E-state index in [9.17, 15) is 19.5 Å². The summed E-state index contributed by atoms with van der Waals surface area (Å²) < 4.78 is 5.66. The second kappa shape index (κ2) is 9.34. The number of amides is 2. The van der Waals surface area contributed by atoms with Crippen LogP contribution in [0.15, 0.2) is 48.5 Å². The van der Waals surface area contributed by atoms with Gasteiger partial charge in [-0.1, -0.05) is 48.5 Å². The number of carboxylic acid groups (broad SMARTS) is 1. The molecule has 3 aliphatic rings. The normalized spacial score (nSPS) is 22.8. The molecule has 0 radical (unpaired) electrons. The standard InChI is InChI=1S/C27H31N3O5/c1-29(2)12-11-23(25(31)30-13-20-21(14-30)24(20)26(32)33)28-27(34)35-15-22-18-9-5-3-7-16(18)17-8-4-6-10-19(17)22/h3-10,20-24H,11-15H2,1-2H3,(H,28,34)(H,32,33)/t20-,21+,23?,24?. The number of carbonyl (C=O) groups excluding carboxylic acids is 2. The summed E-state index contributed by atoms with van der Waals surface area (Å²) in [5.41, 5.74) is 4.57. The topological polar surface area (TPSA) is 99.2 Å². The van der Waals surface area contributed by atoms with Gasteiger partial charge in [0.15, 0.2) is 0 Å². The molecule has 2 unspecified atom stereocenters. The fourth-order valence-corrected chi connectivity index (χ4v) is 5.72. The molecule has 0 spiro atoms. The van der Waals surface area contributed by atoms with Gasteiger partial charge >= 0.3 is 12.1 Å². The van der Waals surface area contributed by atoms with Crippen LogP contribution in [-0.4, -0.2) is 79.3 Å². The summed E-state index contributed by atoms with van der Waals surface area (Å²) in [7, 11) is 3.83. The first-order valence-corrected chi connectivity index (χ1v) is 12.1. The van der Waals surface area contributed by atoms with Gasteiger partial charge in [0.05, 0.1) is 5.92 Å². The molecular weight excluding hydrogens is 446 g/mol. The molecule has 0 bridgehead atoms. The third-order valence-corrected chi connectivity index (χ3v) is 7.59. The Balaban J connectivity index is 1.22. The minimum Gasteiger partial charge on any atom is -0.481 e. The van der Waals surface area contributed by atoms with Crippen molar-refractivity contribution in [3.05, 3.63) is 59.7 Å². The molecule has 1 saturated carbocycles. The fraction of sp³-hybridized carbons (Fsp3) is 0.444. The number of nitrogens with one attached hydrogen (secondary N) is 1. The number of ether oxygens (including phenoxy) is 1. The summed E-state index contributed by atoms with van der Waals surface area (Å²) in [6, 6.07) is 15.6. The number of nitrogens with zero attached hydrogens (tertiary/aromatic N) is 2. The second-order valence-electron chi connectivity index (χ2n) is 10.0. The molecule has 2 N–H and O–H groups in total. The Morgan fingerprint density at radius 3 is 2.14 bits per heavy atom. The molecule has 2 aromatic carbocycles. The van der Waals surface area contributed by atoms with Crippen molar-refractivity contribution >= 4 is 18.0 Å². The summed E-state index contributed by atoms with van der Waals surface area (Å²) in [5.74, 6) is -1.29. The maximum Gasteiger partial charge on any atom is 0.407 e. The zero-order valence-electron chi connectivity index (χ0n) is 20.0. The molecule has 1 aliphatic heterocycles. The number of aliphatic carboxylic acids is 1. The summed E-state index contributed by atoms with van der Waals surface area (Å²) in [6.07, 6.45) is -0.166. The van der Waals surface area contributed by atoms with Crippen molar-refractivity contribution in [3.63, 3.8) is 0 Å². The lowest BCUT2D eigenvalue weighted by Gasteiger charge is -2.27. The SMILES string of the molecule is CN(C)CCC(NC(=O)OCC1c2ccccc2-c2ccccc21)C(=O)N1C[C@@H]2C(C(=O)O)[C@@H]2C1. The van der Waals surface area contributed by atoms with E-state index in [0.29, 0.717) is 26.1 Å². The number of likely N-dealkylation sites (tertiary alicyclic amines) is 1. The summed E-state index contributed by atoms with van der Waals surface area (Å²) in [6.45, 7) is 1.68. The number of carbonyl (C=O) groups is 3. The lowest BCUT2D eigenvalue weighted by molar-refractivity contribution is -0.141. The lowest BCUT2D eigenvalue weighted by Crippen LogP contribution is -2.50. The first kappa shape index (κ1) is 23.4. The molecule has 8 heteroatoms. The molecule has 0 aromatic heterocycles. The van der Waals surface area contributed by atoms with Crippen LogP contribution in [0.1, 0.15) is 23.5 Å². The van der Waals surface area contributed by atoms with E-state index in [2.05, 4.69) is 29.6 Å². The molecule has 184 valence electrons. The molecule has 2 aromatic rings. The Labute approximate surface area is 204 Å². The minimum absolute atomic E-state index is 0.0282. The predicted molar refractivity (Wildman–Crippen MR) is 130 cm³/mol. The number of hydrogen-bond donors (Lipinski definition) is 2. The Hall–Kier alpha value is -3.39. The zero-order chi connectivity index (χ0) is 24.7. The van der Waals surface area contributed by atoms with Gasteiger partial charge in [-0.05, 0) is 61.2 Å². The number of benzene rings is 2.